The van der Waals surface area contributed by atoms with Gasteiger partial charge in [-0.15, -0.1) is 0 Å². The summed E-state index contributed by atoms with van der Waals surface area (Å²) < 4.78 is 32.0. The third kappa shape index (κ3) is 3.16. The van der Waals surface area contributed by atoms with E-state index in [-0.39, 0.29) is 16.0 Å². The maximum Gasteiger partial charge on any atom is 0.245 e. The number of piperidine rings is 1. The van der Waals surface area contributed by atoms with Crippen LogP contribution in [0.15, 0.2) is 23.1 Å². The van der Waals surface area contributed by atoms with E-state index >= 15 is 0 Å². The van der Waals surface area contributed by atoms with Crippen molar-refractivity contribution >= 4 is 15.7 Å². The summed E-state index contributed by atoms with van der Waals surface area (Å²) >= 11 is 0. The first kappa shape index (κ1) is 16.1. The molecule has 6 heteroatoms. The highest BCUT2D eigenvalue weighted by atomic mass is 32.2. The summed E-state index contributed by atoms with van der Waals surface area (Å²) in [6, 6.07) is 4.70. The van der Waals surface area contributed by atoms with Crippen molar-refractivity contribution in [2.24, 2.45) is 5.41 Å². The Morgan fingerprint density at radius 1 is 1.33 bits per heavy atom. The van der Waals surface area contributed by atoms with E-state index in [1.165, 1.54) is 13.2 Å². The van der Waals surface area contributed by atoms with Crippen LogP contribution < -0.4 is 10.5 Å². The Balaban J connectivity index is 2.23. The summed E-state index contributed by atoms with van der Waals surface area (Å²) in [4.78, 5) is 0.170. The van der Waals surface area contributed by atoms with Gasteiger partial charge in [0, 0.05) is 19.2 Å². The molecule has 0 spiro atoms. The maximum absolute atomic E-state index is 12.7. The normalized spacial score (nSPS) is 19.4. The van der Waals surface area contributed by atoms with Crippen LogP contribution in [0.1, 0.15) is 33.1 Å². The molecular weight excluding hydrogens is 288 g/mol. The number of methoxy groups -OCH3 is 1. The molecule has 118 valence electrons. The van der Waals surface area contributed by atoms with Gasteiger partial charge in [-0.2, -0.15) is 4.31 Å². The minimum Gasteiger partial charge on any atom is -0.497 e. The van der Waals surface area contributed by atoms with Crippen molar-refractivity contribution in [1.82, 2.24) is 4.31 Å². The van der Waals surface area contributed by atoms with E-state index in [4.69, 9.17) is 10.5 Å². The second-order valence-electron chi connectivity index (χ2n) is 5.97. The third-order valence-electron chi connectivity index (χ3n) is 4.62. The summed E-state index contributed by atoms with van der Waals surface area (Å²) in [6.07, 6.45) is 2.85. The van der Waals surface area contributed by atoms with Crippen molar-refractivity contribution < 1.29 is 13.2 Å². The second-order valence-corrected chi connectivity index (χ2v) is 7.88. The molecule has 2 N–H and O–H groups in total. The lowest BCUT2D eigenvalue weighted by atomic mass is 9.79. The van der Waals surface area contributed by atoms with Crippen LogP contribution in [0.5, 0.6) is 5.75 Å². The number of benzene rings is 1. The zero-order valence-electron chi connectivity index (χ0n) is 12.9. The van der Waals surface area contributed by atoms with Crippen molar-refractivity contribution in [3.8, 4) is 5.75 Å². The lowest BCUT2D eigenvalue weighted by molar-refractivity contribution is 0.169. The molecule has 0 bridgehead atoms. The predicted molar refractivity (Wildman–Crippen MR) is 83.8 cm³/mol. The molecule has 1 aromatic carbocycles. The van der Waals surface area contributed by atoms with E-state index in [1.54, 1.807) is 16.4 Å². The van der Waals surface area contributed by atoms with Crippen molar-refractivity contribution in [2.75, 3.05) is 25.9 Å². The number of rotatable bonds is 4. The van der Waals surface area contributed by atoms with Gasteiger partial charge in [0.25, 0.3) is 0 Å². The van der Waals surface area contributed by atoms with Crippen LogP contribution in [0.4, 0.5) is 5.69 Å². The monoisotopic (exact) mass is 312 g/mol. The first-order valence-electron chi connectivity index (χ1n) is 7.26. The van der Waals surface area contributed by atoms with Gasteiger partial charge in [0.05, 0.1) is 12.8 Å². The Morgan fingerprint density at radius 3 is 2.43 bits per heavy atom. The second kappa shape index (κ2) is 5.85. The Hall–Kier alpha value is -1.27. The number of nitrogen functional groups attached to an aromatic ring is 1. The Labute approximate surface area is 127 Å². The predicted octanol–water partition coefficient (Wildman–Crippen LogP) is 2.48. The van der Waals surface area contributed by atoms with E-state index in [0.717, 1.165) is 19.3 Å². The standard InChI is InChI=1S/C15H24N2O3S/c1-4-15(2)7-9-17(10-8-15)21(18,19)14-6-5-12(20-3)11-13(14)16/h5-6,11H,4,7-10,16H2,1-3H3. The van der Waals surface area contributed by atoms with Gasteiger partial charge >= 0.3 is 0 Å². The van der Waals surface area contributed by atoms with Gasteiger partial charge in [0.15, 0.2) is 0 Å². The molecule has 21 heavy (non-hydrogen) atoms. The van der Waals surface area contributed by atoms with Crippen LogP contribution in [0.2, 0.25) is 0 Å². The van der Waals surface area contributed by atoms with E-state index in [1.807, 2.05) is 0 Å². The molecule has 1 aromatic rings. The van der Waals surface area contributed by atoms with Crippen LogP contribution in [0.25, 0.3) is 0 Å². The summed E-state index contributed by atoms with van der Waals surface area (Å²) in [6.45, 7) is 5.49. The maximum atomic E-state index is 12.7. The molecule has 2 rings (SSSR count). The van der Waals surface area contributed by atoms with Crippen molar-refractivity contribution in [3.05, 3.63) is 18.2 Å². The molecule has 1 saturated heterocycles. The van der Waals surface area contributed by atoms with Gasteiger partial charge in [-0.25, -0.2) is 8.42 Å². The van der Waals surface area contributed by atoms with Crippen molar-refractivity contribution in [3.63, 3.8) is 0 Å². The molecule has 0 aliphatic carbocycles. The lowest BCUT2D eigenvalue weighted by Gasteiger charge is -2.38. The first-order chi connectivity index (χ1) is 9.82. The number of hydrogen-bond acceptors (Lipinski definition) is 4. The Bertz CT molecular complexity index is 605. The van der Waals surface area contributed by atoms with Gasteiger partial charge in [-0.1, -0.05) is 20.3 Å². The molecule has 0 saturated carbocycles. The zero-order valence-corrected chi connectivity index (χ0v) is 13.7. The number of nitrogens with two attached hydrogens (primary N) is 1. The molecule has 0 aromatic heterocycles. The molecule has 1 aliphatic rings. The van der Waals surface area contributed by atoms with Crippen LogP contribution in [-0.4, -0.2) is 32.9 Å². The largest absolute Gasteiger partial charge is 0.497 e. The molecule has 1 aliphatic heterocycles. The van der Waals surface area contributed by atoms with E-state index in [9.17, 15) is 8.42 Å². The minimum atomic E-state index is -3.52. The molecule has 1 heterocycles. The van der Waals surface area contributed by atoms with E-state index in [2.05, 4.69) is 13.8 Å². The number of hydrogen-bond donors (Lipinski definition) is 1. The van der Waals surface area contributed by atoms with Crippen LogP contribution in [0.3, 0.4) is 0 Å². The fourth-order valence-corrected chi connectivity index (χ4v) is 4.19. The summed E-state index contributed by atoms with van der Waals surface area (Å²) in [5.41, 5.74) is 6.37. The van der Waals surface area contributed by atoms with Gasteiger partial charge in [-0.3, -0.25) is 0 Å². The molecular formula is C15H24N2O3S. The molecule has 0 unspecified atom stereocenters. The van der Waals surface area contributed by atoms with Gasteiger partial charge < -0.3 is 10.5 Å². The SMILES string of the molecule is CCC1(C)CCN(S(=O)(=O)c2ccc(OC)cc2N)CC1. The Morgan fingerprint density at radius 2 is 1.95 bits per heavy atom. The van der Waals surface area contributed by atoms with Gasteiger partial charge in [-0.05, 0) is 30.4 Å². The topological polar surface area (TPSA) is 72.6 Å². The fourth-order valence-electron chi connectivity index (χ4n) is 2.65. The molecule has 0 amide bonds. The average molecular weight is 312 g/mol. The quantitative estimate of drug-likeness (QED) is 0.867. The summed E-state index contributed by atoms with van der Waals surface area (Å²) in [7, 11) is -2.00. The van der Waals surface area contributed by atoms with E-state index < -0.39 is 10.0 Å². The highest BCUT2D eigenvalue weighted by molar-refractivity contribution is 7.89. The van der Waals surface area contributed by atoms with Crippen LogP contribution in [0, 0.1) is 5.41 Å². The molecule has 1 fully saturated rings. The zero-order chi connectivity index (χ0) is 15.7. The van der Waals surface area contributed by atoms with Crippen LogP contribution in [-0.2, 0) is 10.0 Å². The number of nitrogens with zero attached hydrogens (tertiary/aromatic N) is 1. The molecule has 0 radical (unpaired) electrons. The smallest absolute Gasteiger partial charge is 0.245 e. The van der Waals surface area contributed by atoms with Gasteiger partial charge in [0.1, 0.15) is 10.6 Å². The first-order valence-corrected chi connectivity index (χ1v) is 8.70. The van der Waals surface area contributed by atoms with Crippen molar-refractivity contribution in [1.29, 1.82) is 0 Å². The van der Waals surface area contributed by atoms with Crippen molar-refractivity contribution in [2.45, 2.75) is 38.0 Å². The molecule has 5 nitrogen and oxygen atoms in total. The number of sulfonamides is 1. The molecule has 0 atom stereocenters. The van der Waals surface area contributed by atoms with E-state index in [0.29, 0.717) is 18.8 Å². The summed E-state index contributed by atoms with van der Waals surface area (Å²) in [5.74, 6) is 0.559. The highest BCUT2D eigenvalue weighted by Gasteiger charge is 2.35. The van der Waals surface area contributed by atoms with Crippen LogP contribution >= 0.6 is 0 Å². The number of ether oxygens (including phenoxy) is 1. The lowest BCUT2D eigenvalue weighted by Crippen LogP contribution is -2.42. The average Bonchev–Trinajstić information content (AvgIpc) is 2.47. The van der Waals surface area contributed by atoms with Gasteiger partial charge in [0.2, 0.25) is 10.0 Å². The minimum absolute atomic E-state index is 0.170. The third-order valence-corrected chi connectivity index (χ3v) is 6.59. The highest BCUT2D eigenvalue weighted by Crippen LogP contribution is 2.36. The Kier molecular flexibility index (Phi) is 4.49. The summed E-state index contributed by atoms with van der Waals surface area (Å²) in [5, 5.41) is 0. The fraction of sp³-hybridized carbons (Fsp3) is 0.600. The number of anilines is 1.